The molecule has 0 saturated carbocycles. The fraction of sp³-hybridized carbons (Fsp3) is 0.745. The van der Waals surface area contributed by atoms with Crippen LogP contribution in [0.4, 0.5) is 0 Å². The molecule has 0 spiro atoms. The van der Waals surface area contributed by atoms with E-state index in [0.29, 0.717) is 17.4 Å². The van der Waals surface area contributed by atoms with Crippen molar-refractivity contribution in [2.24, 2.45) is 0 Å². The van der Waals surface area contributed by atoms with E-state index in [-0.39, 0.29) is 32.0 Å². The van der Waals surface area contributed by atoms with Crippen molar-refractivity contribution < 1.29 is 42.1 Å². The van der Waals surface area contributed by atoms with E-state index in [2.05, 4.69) is 74.6 Å². The summed E-state index contributed by atoms with van der Waals surface area (Å²) in [6, 6.07) is 0. The Bertz CT molecular complexity index is 1160. The lowest BCUT2D eigenvalue weighted by atomic mass is 10.1. The van der Waals surface area contributed by atoms with Gasteiger partial charge in [0.1, 0.15) is 19.8 Å². The molecule has 0 rings (SSSR count). The number of phosphoric ester groups is 1. The molecular weight excluding hydrogens is 737 g/mol. The van der Waals surface area contributed by atoms with Gasteiger partial charge in [0.25, 0.3) is 0 Å². The second kappa shape index (κ2) is 39.2. The Hall–Kier alpha value is -2.29. The summed E-state index contributed by atoms with van der Waals surface area (Å²) < 4.78 is 34.3. The van der Waals surface area contributed by atoms with E-state index >= 15 is 0 Å². The minimum atomic E-state index is -4.38. The van der Waals surface area contributed by atoms with Crippen LogP contribution >= 0.6 is 7.82 Å². The van der Waals surface area contributed by atoms with Crippen molar-refractivity contribution in [3.8, 4) is 0 Å². The number of ether oxygens (including phenoxy) is 2. The Kier molecular flexibility index (Phi) is 37.6. The number of rotatable bonds is 40. The molecule has 1 N–H and O–H groups in total. The number of hydrogen-bond donors (Lipinski definition) is 1. The molecule has 330 valence electrons. The number of unbranched alkanes of at least 4 members (excludes halogenated alkanes) is 16. The molecule has 0 radical (unpaired) electrons. The number of nitrogens with zero attached hydrogens (tertiary/aromatic N) is 1. The van der Waals surface area contributed by atoms with Crippen LogP contribution in [0.3, 0.4) is 0 Å². The maximum Gasteiger partial charge on any atom is 0.472 e. The summed E-state index contributed by atoms with van der Waals surface area (Å²) in [4.78, 5) is 35.4. The van der Waals surface area contributed by atoms with Crippen LogP contribution in [0.15, 0.2) is 60.8 Å². The molecule has 0 aliphatic carbocycles. The van der Waals surface area contributed by atoms with Gasteiger partial charge in [0.15, 0.2) is 6.10 Å². The summed E-state index contributed by atoms with van der Waals surface area (Å²) >= 11 is 0. The van der Waals surface area contributed by atoms with Crippen molar-refractivity contribution in [1.82, 2.24) is 0 Å². The largest absolute Gasteiger partial charge is 0.472 e. The monoisotopic (exact) mass is 823 g/mol. The van der Waals surface area contributed by atoms with Crippen molar-refractivity contribution in [3.63, 3.8) is 0 Å². The van der Waals surface area contributed by atoms with Crippen LogP contribution in [-0.2, 0) is 32.7 Å². The molecule has 0 amide bonds. The number of esters is 2. The van der Waals surface area contributed by atoms with Gasteiger partial charge in [-0.25, -0.2) is 4.57 Å². The number of likely N-dealkylation sites (N-methyl/N-ethyl adjacent to an activating group) is 1. The fourth-order valence-electron chi connectivity index (χ4n) is 5.76. The number of carbonyl (C=O) groups excluding carboxylic acids is 2. The van der Waals surface area contributed by atoms with Crippen molar-refractivity contribution in [3.05, 3.63) is 60.8 Å². The first-order valence-electron chi connectivity index (χ1n) is 22.5. The predicted molar refractivity (Wildman–Crippen MR) is 238 cm³/mol. The van der Waals surface area contributed by atoms with Gasteiger partial charge in [-0.3, -0.25) is 18.6 Å². The zero-order valence-corrected chi connectivity index (χ0v) is 38.0. The van der Waals surface area contributed by atoms with Crippen LogP contribution in [0, 0.1) is 0 Å². The first kappa shape index (κ1) is 54.7. The Labute approximate surface area is 349 Å². The number of quaternary nitrogens is 1. The molecule has 0 aromatic carbocycles. The van der Waals surface area contributed by atoms with Crippen LogP contribution in [-0.4, -0.2) is 74.9 Å². The lowest BCUT2D eigenvalue weighted by Crippen LogP contribution is -2.37. The highest BCUT2D eigenvalue weighted by molar-refractivity contribution is 7.47. The third-order valence-corrected chi connectivity index (χ3v) is 10.3. The van der Waals surface area contributed by atoms with Crippen LogP contribution in [0.1, 0.15) is 174 Å². The number of carbonyl (C=O) groups is 2. The Morgan fingerprint density at radius 1 is 0.561 bits per heavy atom. The molecule has 0 saturated heterocycles. The van der Waals surface area contributed by atoms with Crippen molar-refractivity contribution >= 4 is 19.8 Å². The molecule has 0 heterocycles. The normalized spacial score (nSPS) is 14.1. The minimum absolute atomic E-state index is 0.0241. The minimum Gasteiger partial charge on any atom is -0.462 e. The van der Waals surface area contributed by atoms with Gasteiger partial charge in [-0.1, -0.05) is 145 Å². The third kappa shape index (κ3) is 43.1. The lowest BCUT2D eigenvalue weighted by Gasteiger charge is -2.24. The van der Waals surface area contributed by atoms with Gasteiger partial charge in [-0.15, -0.1) is 0 Å². The average Bonchev–Trinajstić information content (AvgIpc) is 3.16. The Morgan fingerprint density at radius 2 is 1.00 bits per heavy atom. The summed E-state index contributed by atoms with van der Waals surface area (Å²) in [7, 11) is 1.45. The van der Waals surface area contributed by atoms with Crippen LogP contribution in [0.25, 0.3) is 0 Å². The SMILES string of the molecule is CC/C=C\C/C=C\C/C=C\CCCCCCCC(=O)OC(COC(=O)CCCCCCCCC/C=C\C/C=C\CCCCCC)COP(=O)(O)OCC[N+](C)(C)C. The molecule has 2 atom stereocenters. The van der Waals surface area contributed by atoms with Crippen LogP contribution < -0.4 is 0 Å². The highest BCUT2D eigenvalue weighted by Crippen LogP contribution is 2.43. The molecule has 9 nitrogen and oxygen atoms in total. The van der Waals surface area contributed by atoms with Gasteiger partial charge in [-0.2, -0.15) is 0 Å². The topological polar surface area (TPSA) is 108 Å². The van der Waals surface area contributed by atoms with Gasteiger partial charge in [0.05, 0.1) is 27.7 Å². The maximum absolute atomic E-state index is 12.7. The molecule has 0 bridgehead atoms. The quantitative estimate of drug-likeness (QED) is 0.0214. The third-order valence-electron chi connectivity index (χ3n) is 9.28. The standard InChI is InChI=1S/C47H84NO8P/c1-6-8-10-12-14-16-18-20-22-23-24-26-27-29-31-33-35-37-39-46(49)53-43-45(44-55-57(51,52)54-42-41-48(3,4)5)56-47(50)40-38-36-34-32-30-28-25-21-19-17-15-13-11-9-7-2/h9,11,15-18,21-23,25,45H,6-8,10,12-14,19-20,24,26-44H2,1-5H3/p+1/b11-9-,17-15-,18-16-,23-22-,25-21-. The van der Waals surface area contributed by atoms with E-state index in [1.54, 1.807) is 0 Å². The van der Waals surface area contributed by atoms with Gasteiger partial charge in [0.2, 0.25) is 0 Å². The Morgan fingerprint density at radius 3 is 1.49 bits per heavy atom. The maximum atomic E-state index is 12.7. The lowest BCUT2D eigenvalue weighted by molar-refractivity contribution is -0.870. The second-order valence-electron chi connectivity index (χ2n) is 16.0. The van der Waals surface area contributed by atoms with Crippen molar-refractivity contribution in [2.75, 3.05) is 47.5 Å². The summed E-state index contributed by atoms with van der Waals surface area (Å²) in [6.45, 7) is 4.25. The van der Waals surface area contributed by atoms with Gasteiger partial charge in [-0.05, 0) is 77.0 Å². The van der Waals surface area contributed by atoms with E-state index in [9.17, 15) is 19.0 Å². The average molecular weight is 823 g/mol. The highest BCUT2D eigenvalue weighted by Gasteiger charge is 2.27. The summed E-state index contributed by atoms with van der Waals surface area (Å²) in [5.74, 6) is -0.831. The van der Waals surface area contributed by atoms with Gasteiger partial charge < -0.3 is 18.9 Å². The van der Waals surface area contributed by atoms with E-state index < -0.39 is 26.5 Å². The highest BCUT2D eigenvalue weighted by atomic mass is 31.2. The first-order chi connectivity index (χ1) is 27.5. The number of phosphoric acid groups is 1. The summed E-state index contributed by atoms with van der Waals surface area (Å²) in [5.41, 5.74) is 0. The number of allylic oxidation sites excluding steroid dienone is 10. The molecule has 0 fully saturated rings. The molecule has 57 heavy (non-hydrogen) atoms. The van der Waals surface area contributed by atoms with Crippen LogP contribution in [0.5, 0.6) is 0 Å². The molecule has 0 aromatic rings. The van der Waals surface area contributed by atoms with Crippen molar-refractivity contribution in [1.29, 1.82) is 0 Å². The van der Waals surface area contributed by atoms with Crippen molar-refractivity contribution in [2.45, 2.75) is 180 Å². The fourth-order valence-corrected chi connectivity index (χ4v) is 6.50. The summed E-state index contributed by atoms with van der Waals surface area (Å²) in [6.07, 6.45) is 46.9. The smallest absolute Gasteiger partial charge is 0.462 e. The van der Waals surface area contributed by atoms with E-state index in [1.165, 1.54) is 51.4 Å². The zero-order valence-electron chi connectivity index (χ0n) is 37.1. The molecular formula is C47H85NO8P+. The first-order valence-corrected chi connectivity index (χ1v) is 24.0. The van der Waals surface area contributed by atoms with E-state index in [1.807, 2.05) is 21.1 Å². The molecule has 2 unspecified atom stereocenters. The zero-order chi connectivity index (χ0) is 42.1. The molecule has 0 aliphatic rings. The van der Waals surface area contributed by atoms with E-state index in [0.717, 1.165) is 89.9 Å². The van der Waals surface area contributed by atoms with Gasteiger partial charge >= 0.3 is 19.8 Å². The Balaban J connectivity index is 4.38. The second-order valence-corrected chi connectivity index (χ2v) is 17.5. The predicted octanol–water partition coefficient (Wildman–Crippen LogP) is 12.9. The molecule has 0 aromatic heterocycles. The van der Waals surface area contributed by atoms with Crippen LogP contribution in [0.2, 0.25) is 0 Å². The number of hydrogen-bond acceptors (Lipinski definition) is 7. The molecule has 0 aliphatic heterocycles. The summed E-state index contributed by atoms with van der Waals surface area (Å²) in [5, 5.41) is 0. The van der Waals surface area contributed by atoms with E-state index in [4.69, 9.17) is 18.5 Å². The van der Waals surface area contributed by atoms with Gasteiger partial charge in [0, 0.05) is 12.8 Å². The molecule has 10 heteroatoms.